The Labute approximate surface area is 152 Å². The molecule has 1 amide bonds. The first kappa shape index (κ1) is 16.8. The van der Waals surface area contributed by atoms with E-state index in [-0.39, 0.29) is 17.2 Å². The Bertz CT molecular complexity index is 696. The van der Waals surface area contributed by atoms with Crippen molar-refractivity contribution in [3.8, 4) is 0 Å². The number of benzene rings is 1. The van der Waals surface area contributed by atoms with E-state index in [0.29, 0.717) is 0 Å². The van der Waals surface area contributed by atoms with Crippen LogP contribution in [0.15, 0.2) is 47.2 Å². The second-order valence-corrected chi connectivity index (χ2v) is 7.96. The monoisotopic (exact) mass is 356 g/mol. The topological polar surface area (TPSA) is 41.6 Å². The number of hydrogen-bond acceptors (Lipinski definition) is 4. The third kappa shape index (κ3) is 3.64. The minimum atomic E-state index is 0.0234. The molecule has 25 heavy (non-hydrogen) atoms. The molecule has 4 nitrogen and oxygen atoms in total. The SMILES string of the molecule is O=C(Nc1ccccc1)[C@H]1CN(Cc2ccsc2)CC12CCOCC2. The number of thiophene rings is 1. The van der Waals surface area contributed by atoms with E-state index in [2.05, 4.69) is 27.0 Å². The zero-order chi connectivity index (χ0) is 17.1. The molecule has 0 radical (unpaired) electrons. The summed E-state index contributed by atoms with van der Waals surface area (Å²) in [6, 6.07) is 12.0. The summed E-state index contributed by atoms with van der Waals surface area (Å²) < 4.78 is 5.60. The molecule has 2 aliphatic rings. The van der Waals surface area contributed by atoms with Crippen molar-refractivity contribution in [2.45, 2.75) is 19.4 Å². The Morgan fingerprint density at radius 2 is 2.04 bits per heavy atom. The van der Waals surface area contributed by atoms with Crippen LogP contribution in [0.4, 0.5) is 5.69 Å². The minimum absolute atomic E-state index is 0.0234. The summed E-state index contributed by atoms with van der Waals surface area (Å²) >= 11 is 1.73. The van der Waals surface area contributed by atoms with E-state index < -0.39 is 0 Å². The first-order valence-electron chi connectivity index (χ1n) is 8.92. The number of rotatable bonds is 4. The van der Waals surface area contributed by atoms with Crippen LogP contribution in [0.5, 0.6) is 0 Å². The van der Waals surface area contributed by atoms with Gasteiger partial charge in [-0.25, -0.2) is 0 Å². The lowest BCUT2D eigenvalue weighted by Crippen LogP contribution is -2.42. The van der Waals surface area contributed by atoms with Crippen molar-refractivity contribution in [1.29, 1.82) is 0 Å². The smallest absolute Gasteiger partial charge is 0.229 e. The Morgan fingerprint density at radius 1 is 1.24 bits per heavy atom. The van der Waals surface area contributed by atoms with Crippen molar-refractivity contribution in [3.63, 3.8) is 0 Å². The van der Waals surface area contributed by atoms with Gasteiger partial charge in [0, 0.05) is 44.0 Å². The summed E-state index contributed by atoms with van der Waals surface area (Å²) in [7, 11) is 0. The zero-order valence-electron chi connectivity index (χ0n) is 14.3. The second-order valence-electron chi connectivity index (χ2n) is 7.18. The molecule has 1 N–H and O–H groups in total. The van der Waals surface area contributed by atoms with Crippen molar-refractivity contribution in [2.75, 3.05) is 31.6 Å². The standard InChI is InChI=1S/C20H24N2O2S/c23-19(21-17-4-2-1-3-5-17)18-13-22(12-16-6-11-25-14-16)15-20(18)7-9-24-10-8-20/h1-6,11,14,18H,7-10,12-13,15H2,(H,21,23)/t18-/m1/s1. The number of nitrogens with zero attached hydrogens (tertiary/aromatic N) is 1. The number of ether oxygens (including phenoxy) is 1. The number of amides is 1. The highest BCUT2D eigenvalue weighted by molar-refractivity contribution is 7.07. The highest BCUT2D eigenvalue weighted by Gasteiger charge is 2.50. The van der Waals surface area contributed by atoms with Crippen LogP contribution in [0.1, 0.15) is 18.4 Å². The van der Waals surface area contributed by atoms with E-state index in [1.165, 1.54) is 5.56 Å². The average Bonchev–Trinajstić information content (AvgIpc) is 3.25. The second kappa shape index (κ2) is 7.28. The summed E-state index contributed by atoms with van der Waals surface area (Å²) in [6.07, 6.45) is 1.94. The molecule has 2 aliphatic heterocycles. The molecule has 1 atom stereocenters. The van der Waals surface area contributed by atoms with Gasteiger partial charge in [0.2, 0.25) is 5.91 Å². The van der Waals surface area contributed by atoms with Gasteiger partial charge in [-0.3, -0.25) is 9.69 Å². The van der Waals surface area contributed by atoms with Gasteiger partial charge in [0.15, 0.2) is 0 Å². The maximum atomic E-state index is 13.1. The Morgan fingerprint density at radius 3 is 2.76 bits per heavy atom. The molecule has 0 aliphatic carbocycles. The van der Waals surface area contributed by atoms with Crippen molar-refractivity contribution in [2.24, 2.45) is 11.3 Å². The van der Waals surface area contributed by atoms with E-state index in [0.717, 1.165) is 51.4 Å². The normalized spacial score (nSPS) is 23.0. The van der Waals surface area contributed by atoms with Gasteiger partial charge in [0.05, 0.1) is 5.92 Å². The number of hydrogen-bond donors (Lipinski definition) is 1. The number of nitrogens with one attached hydrogen (secondary N) is 1. The van der Waals surface area contributed by atoms with Gasteiger partial charge in [0.25, 0.3) is 0 Å². The van der Waals surface area contributed by atoms with Gasteiger partial charge in [-0.05, 0) is 47.4 Å². The Balaban J connectivity index is 1.51. The molecular weight excluding hydrogens is 332 g/mol. The van der Waals surface area contributed by atoms with Gasteiger partial charge in [-0.2, -0.15) is 11.3 Å². The molecular formula is C20H24N2O2S. The molecule has 0 unspecified atom stereocenters. The van der Waals surface area contributed by atoms with Crippen LogP contribution in [-0.4, -0.2) is 37.1 Å². The van der Waals surface area contributed by atoms with Crippen LogP contribution in [0.25, 0.3) is 0 Å². The maximum Gasteiger partial charge on any atom is 0.229 e. The fourth-order valence-electron chi connectivity index (χ4n) is 4.23. The fourth-order valence-corrected chi connectivity index (χ4v) is 4.89. The van der Waals surface area contributed by atoms with E-state index in [9.17, 15) is 4.79 Å². The van der Waals surface area contributed by atoms with Crippen molar-refractivity contribution >= 4 is 22.9 Å². The van der Waals surface area contributed by atoms with Crippen molar-refractivity contribution < 1.29 is 9.53 Å². The first-order chi connectivity index (χ1) is 12.3. The van der Waals surface area contributed by atoms with Gasteiger partial charge in [-0.15, -0.1) is 0 Å². The third-order valence-electron chi connectivity index (χ3n) is 5.55. The number of carbonyl (C=O) groups excluding carboxylic acids is 1. The fraction of sp³-hybridized carbons (Fsp3) is 0.450. The van der Waals surface area contributed by atoms with Gasteiger partial charge in [-0.1, -0.05) is 18.2 Å². The summed E-state index contributed by atoms with van der Waals surface area (Å²) in [5.41, 5.74) is 2.27. The molecule has 0 saturated carbocycles. The highest BCUT2D eigenvalue weighted by atomic mass is 32.1. The van der Waals surface area contributed by atoms with Crippen LogP contribution in [-0.2, 0) is 16.1 Å². The number of anilines is 1. The maximum absolute atomic E-state index is 13.1. The van der Waals surface area contributed by atoms with Crippen LogP contribution in [0.2, 0.25) is 0 Å². The third-order valence-corrected chi connectivity index (χ3v) is 6.28. The summed E-state index contributed by atoms with van der Waals surface area (Å²) in [4.78, 5) is 15.5. The molecule has 4 rings (SSSR count). The van der Waals surface area contributed by atoms with Crippen LogP contribution >= 0.6 is 11.3 Å². The molecule has 2 saturated heterocycles. The van der Waals surface area contributed by atoms with Crippen molar-refractivity contribution in [1.82, 2.24) is 4.90 Å². The molecule has 2 aromatic rings. The summed E-state index contributed by atoms with van der Waals surface area (Å²) in [5.74, 6) is 0.177. The van der Waals surface area contributed by atoms with Crippen LogP contribution < -0.4 is 5.32 Å². The van der Waals surface area contributed by atoms with Crippen molar-refractivity contribution in [3.05, 3.63) is 52.7 Å². The molecule has 132 valence electrons. The molecule has 1 spiro atoms. The zero-order valence-corrected chi connectivity index (χ0v) is 15.1. The number of likely N-dealkylation sites (tertiary alicyclic amines) is 1. The van der Waals surface area contributed by atoms with Crippen LogP contribution in [0, 0.1) is 11.3 Å². The quantitative estimate of drug-likeness (QED) is 0.910. The van der Waals surface area contributed by atoms with E-state index >= 15 is 0 Å². The number of carbonyl (C=O) groups is 1. The first-order valence-corrected chi connectivity index (χ1v) is 9.87. The van der Waals surface area contributed by atoms with Crippen LogP contribution in [0.3, 0.4) is 0 Å². The average molecular weight is 356 g/mol. The molecule has 3 heterocycles. The molecule has 5 heteroatoms. The molecule has 1 aromatic heterocycles. The predicted octanol–water partition coefficient (Wildman–Crippen LogP) is 3.62. The molecule has 0 bridgehead atoms. The van der Waals surface area contributed by atoms with E-state index in [4.69, 9.17) is 4.74 Å². The van der Waals surface area contributed by atoms with Gasteiger partial charge < -0.3 is 10.1 Å². The Kier molecular flexibility index (Phi) is 4.88. The largest absolute Gasteiger partial charge is 0.381 e. The highest BCUT2D eigenvalue weighted by Crippen LogP contribution is 2.45. The van der Waals surface area contributed by atoms with E-state index in [1.54, 1.807) is 11.3 Å². The number of para-hydroxylation sites is 1. The molecule has 2 fully saturated rings. The summed E-state index contributed by atoms with van der Waals surface area (Å²) in [5, 5.41) is 7.45. The minimum Gasteiger partial charge on any atom is -0.381 e. The lowest BCUT2D eigenvalue weighted by molar-refractivity contribution is -0.124. The predicted molar refractivity (Wildman–Crippen MR) is 101 cm³/mol. The van der Waals surface area contributed by atoms with Gasteiger partial charge in [0.1, 0.15) is 0 Å². The van der Waals surface area contributed by atoms with Gasteiger partial charge >= 0.3 is 0 Å². The van der Waals surface area contributed by atoms with E-state index in [1.807, 2.05) is 30.3 Å². The Hall–Kier alpha value is -1.69. The lowest BCUT2D eigenvalue weighted by Gasteiger charge is -2.37. The molecule has 1 aromatic carbocycles. The lowest BCUT2D eigenvalue weighted by atomic mass is 9.71. The summed E-state index contributed by atoms with van der Waals surface area (Å²) in [6.45, 7) is 4.28.